The topological polar surface area (TPSA) is 32.3 Å². The zero-order valence-corrected chi connectivity index (χ0v) is 14.2. The molecule has 1 aliphatic carbocycles. The Morgan fingerprint density at radius 3 is 2.86 bits per heavy atom. The highest BCUT2D eigenvalue weighted by Gasteiger charge is 2.33. The quantitative estimate of drug-likeness (QED) is 0.867. The molecule has 3 nitrogen and oxygen atoms in total. The van der Waals surface area contributed by atoms with E-state index >= 15 is 0 Å². The first-order chi connectivity index (χ1) is 10.6. The molecule has 0 radical (unpaired) electrons. The summed E-state index contributed by atoms with van der Waals surface area (Å²) in [6.07, 6.45) is 7.55. The van der Waals surface area contributed by atoms with Crippen molar-refractivity contribution in [1.29, 1.82) is 0 Å². The van der Waals surface area contributed by atoms with Crippen molar-refractivity contribution in [3.8, 4) is 0 Å². The third kappa shape index (κ3) is 3.69. The fourth-order valence-corrected chi connectivity index (χ4v) is 4.22. The largest absolute Gasteiger partial charge is 0.322 e. The van der Waals surface area contributed by atoms with Crippen molar-refractivity contribution in [2.24, 2.45) is 5.92 Å². The maximum absolute atomic E-state index is 13.8. The molecule has 2 fully saturated rings. The summed E-state index contributed by atoms with van der Waals surface area (Å²) in [5.41, 5.74) is 0.255. The normalized spacial score (nSPS) is 25.5. The first-order valence-electron chi connectivity index (χ1n) is 8.12. The zero-order chi connectivity index (χ0) is 15.5. The number of amides is 1. The molecule has 1 aromatic carbocycles. The van der Waals surface area contributed by atoms with Gasteiger partial charge in [0.25, 0.3) is 0 Å². The Kier molecular flexibility index (Phi) is 5.14. The van der Waals surface area contributed by atoms with Crippen molar-refractivity contribution in [2.75, 3.05) is 18.4 Å². The molecule has 1 amide bonds. The molecule has 1 heterocycles. The van der Waals surface area contributed by atoms with Crippen molar-refractivity contribution < 1.29 is 9.18 Å². The number of fused-ring (bicyclic) bond motifs is 1. The van der Waals surface area contributed by atoms with Crippen LogP contribution in [0.15, 0.2) is 22.7 Å². The van der Waals surface area contributed by atoms with E-state index in [4.69, 9.17) is 0 Å². The van der Waals surface area contributed by atoms with Gasteiger partial charge in [-0.1, -0.05) is 28.8 Å². The number of nitrogens with zero attached hydrogens (tertiary/aromatic N) is 1. The first kappa shape index (κ1) is 15.9. The molecule has 2 aliphatic rings. The summed E-state index contributed by atoms with van der Waals surface area (Å²) in [5.74, 6) is 0.226. The minimum Gasteiger partial charge on any atom is -0.322 e. The maximum atomic E-state index is 13.8. The minimum absolute atomic E-state index is 0.118. The average molecular weight is 369 g/mol. The Morgan fingerprint density at radius 1 is 1.27 bits per heavy atom. The van der Waals surface area contributed by atoms with E-state index in [1.54, 1.807) is 12.1 Å². The molecule has 5 heteroatoms. The van der Waals surface area contributed by atoms with Gasteiger partial charge in [0.1, 0.15) is 5.82 Å². The van der Waals surface area contributed by atoms with Crippen LogP contribution in [0.1, 0.15) is 38.5 Å². The molecule has 1 saturated carbocycles. The highest BCUT2D eigenvalue weighted by molar-refractivity contribution is 9.10. The lowest BCUT2D eigenvalue weighted by atomic mass is 9.78. The molecular weight excluding hydrogens is 347 g/mol. The molecule has 1 N–H and O–H groups in total. The second-order valence-corrected chi connectivity index (χ2v) is 7.31. The summed E-state index contributed by atoms with van der Waals surface area (Å²) >= 11 is 3.22. The van der Waals surface area contributed by atoms with Gasteiger partial charge < -0.3 is 5.32 Å². The number of carbonyl (C=O) groups is 1. The number of anilines is 1. The average Bonchev–Trinajstić information content (AvgIpc) is 2.50. The Bertz CT molecular complexity index is 549. The molecule has 1 aliphatic heterocycles. The van der Waals surface area contributed by atoms with Gasteiger partial charge in [-0.2, -0.15) is 0 Å². The van der Waals surface area contributed by atoms with Crippen LogP contribution < -0.4 is 5.32 Å². The molecule has 1 aromatic rings. The minimum atomic E-state index is -0.406. The number of hydrogen-bond acceptors (Lipinski definition) is 2. The Labute approximate surface area is 139 Å². The molecule has 1 saturated heterocycles. The van der Waals surface area contributed by atoms with Gasteiger partial charge in [-0.25, -0.2) is 4.39 Å². The second-order valence-electron chi connectivity index (χ2n) is 6.40. The van der Waals surface area contributed by atoms with Gasteiger partial charge in [-0.05, 0) is 56.3 Å². The highest BCUT2D eigenvalue weighted by atomic mass is 79.9. The molecule has 0 aromatic heterocycles. The number of halogens is 2. The molecule has 0 bridgehead atoms. The van der Waals surface area contributed by atoms with E-state index < -0.39 is 5.82 Å². The predicted molar refractivity (Wildman–Crippen MR) is 89.3 cm³/mol. The number of hydrogen-bond donors (Lipinski definition) is 1. The van der Waals surface area contributed by atoms with Crippen molar-refractivity contribution in [2.45, 2.75) is 44.6 Å². The zero-order valence-electron chi connectivity index (χ0n) is 12.7. The summed E-state index contributed by atoms with van der Waals surface area (Å²) in [7, 11) is 0. The van der Waals surface area contributed by atoms with Crippen LogP contribution >= 0.6 is 15.9 Å². The van der Waals surface area contributed by atoms with Crippen molar-refractivity contribution in [3.05, 3.63) is 28.5 Å². The number of rotatable bonds is 3. The van der Waals surface area contributed by atoms with E-state index in [1.165, 1.54) is 44.6 Å². The van der Waals surface area contributed by atoms with Gasteiger partial charge in [0.05, 0.1) is 12.2 Å². The molecule has 22 heavy (non-hydrogen) atoms. The van der Waals surface area contributed by atoms with Crippen LogP contribution in [0.25, 0.3) is 0 Å². The van der Waals surface area contributed by atoms with Gasteiger partial charge in [-0.15, -0.1) is 0 Å². The predicted octanol–water partition coefficient (Wildman–Crippen LogP) is 4.18. The van der Waals surface area contributed by atoms with Crippen LogP contribution in [0, 0.1) is 11.7 Å². The van der Waals surface area contributed by atoms with E-state index in [0.29, 0.717) is 17.1 Å². The summed E-state index contributed by atoms with van der Waals surface area (Å²) in [6.45, 7) is 1.36. The number of benzene rings is 1. The number of piperidine rings is 1. The lowest BCUT2D eigenvalue weighted by molar-refractivity contribution is -0.119. The fraction of sp³-hybridized carbons (Fsp3) is 0.588. The summed E-state index contributed by atoms with van der Waals surface area (Å²) < 4.78 is 14.5. The summed E-state index contributed by atoms with van der Waals surface area (Å²) in [4.78, 5) is 14.6. The van der Waals surface area contributed by atoms with E-state index in [-0.39, 0.29) is 11.6 Å². The molecular formula is C17H22BrFN2O. The molecule has 3 rings (SSSR count). The SMILES string of the molecule is O=C(CN1CCC[C@@H]2CCCC[C@@H]21)Nc1ccc(Br)cc1F. The molecule has 2 atom stereocenters. The van der Waals surface area contributed by atoms with E-state index in [0.717, 1.165) is 12.5 Å². The van der Waals surface area contributed by atoms with Crippen LogP contribution in [0.4, 0.5) is 10.1 Å². The highest BCUT2D eigenvalue weighted by Crippen LogP contribution is 2.35. The van der Waals surface area contributed by atoms with Gasteiger partial charge in [0.2, 0.25) is 5.91 Å². The van der Waals surface area contributed by atoms with Gasteiger partial charge in [-0.3, -0.25) is 9.69 Å². The van der Waals surface area contributed by atoms with Crippen LogP contribution in [-0.4, -0.2) is 29.9 Å². The number of likely N-dealkylation sites (tertiary alicyclic amines) is 1. The van der Waals surface area contributed by atoms with E-state index in [1.807, 2.05) is 0 Å². The Hall–Kier alpha value is -0.940. The lowest BCUT2D eigenvalue weighted by Crippen LogP contribution is -2.49. The summed E-state index contributed by atoms with van der Waals surface area (Å²) in [5, 5.41) is 2.70. The third-order valence-corrected chi connectivity index (χ3v) is 5.40. The van der Waals surface area contributed by atoms with Crippen LogP contribution in [0.2, 0.25) is 0 Å². The van der Waals surface area contributed by atoms with Crippen molar-refractivity contribution >= 4 is 27.5 Å². The van der Waals surface area contributed by atoms with Gasteiger partial charge >= 0.3 is 0 Å². The van der Waals surface area contributed by atoms with Crippen LogP contribution in [0.3, 0.4) is 0 Å². The van der Waals surface area contributed by atoms with Crippen molar-refractivity contribution in [3.63, 3.8) is 0 Å². The molecule has 0 unspecified atom stereocenters. The second kappa shape index (κ2) is 7.09. The third-order valence-electron chi connectivity index (χ3n) is 4.91. The van der Waals surface area contributed by atoms with Crippen LogP contribution in [-0.2, 0) is 4.79 Å². The molecule has 0 spiro atoms. The lowest BCUT2D eigenvalue weighted by Gasteiger charge is -2.43. The van der Waals surface area contributed by atoms with E-state index in [2.05, 4.69) is 26.1 Å². The van der Waals surface area contributed by atoms with Crippen LogP contribution in [0.5, 0.6) is 0 Å². The fourth-order valence-electron chi connectivity index (χ4n) is 3.89. The smallest absolute Gasteiger partial charge is 0.238 e. The monoisotopic (exact) mass is 368 g/mol. The number of nitrogens with one attached hydrogen (secondary N) is 1. The van der Waals surface area contributed by atoms with Gasteiger partial charge in [0.15, 0.2) is 0 Å². The standard InChI is InChI=1S/C17H22BrFN2O/c18-13-7-8-15(14(19)10-13)20-17(22)11-21-9-3-5-12-4-1-2-6-16(12)21/h7-8,10,12,16H,1-6,9,11H2,(H,20,22)/t12-,16-/m0/s1. The van der Waals surface area contributed by atoms with Crippen molar-refractivity contribution in [1.82, 2.24) is 4.90 Å². The van der Waals surface area contributed by atoms with Gasteiger partial charge in [0, 0.05) is 10.5 Å². The van der Waals surface area contributed by atoms with E-state index in [9.17, 15) is 9.18 Å². The number of carbonyl (C=O) groups excluding carboxylic acids is 1. The maximum Gasteiger partial charge on any atom is 0.238 e. The molecule has 120 valence electrons. The first-order valence-corrected chi connectivity index (χ1v) is 8.92. The summed E-state index contributed by atoms with van der Waals surface area (Å²) in [6, 6.07) is 5.24. The Morgan fingerprint density at radius 2 is 2.05 bits per heavy atom. The Balaban J connectivity index is 1.61.